The number of hydrogen-bond acceptors (Lipinski definition) is 2. The third kappa shape index (κ3) is 5.37. The first-order valence-corrected chi connectivity index (χ1v) is 9.64. The molecular formula is C22H14BrCl2NO. The van der Waals surface area contributed by atoms with Crippen LogP contribution in [0.25, 0.3) is 11.6 Å². The normalized spacial score (nSPS) is 11.1. The molecule has 3 aromatic carbocycles. The molecule has 0 spiro atoms. The van der Waals surface area contributed by atoms with Crippen molar-refractivity contribution in [1.82, 2.24) is 0 Å². The van der Waals surface area contributed by atoms with Gasteiger partial charge in [0.05, 0.1) is 11.6 Å². The molecule has 3 aromatic rings. The fourth-order valence-electron chi connectivity index (χ4n) is 2.44. The predicted molar refractivity (Wildman–Crippen MR) is 115 cm³/mol. The fourth-order valence-corrected chi connectivity index (χ4v) is 3.16. The second-order valence-electron chi connectivity index (χ2n) is 5.77. The van der Waals surface area contributed by atoms with Crippen molar-refractivity contribution in [2.75, 3.05) is 0 Å². The summed E-state index contributed by atoms with van der Waals surface area (Å²) in [6.07, 6.45) is 1.85. The van der Waals surface area contributed by atoms with Crippen LogP contribution < -0.4 is 4.74 Å². The Kier molecular flexibility index (Phi) is 6.58. The maximum Gasteiger partial charge on any atom is 0.119 e. The van der Waals surface area contributed by atoms with E-state index in [9.17, 15) is 5.26 Å². The van der Waals surface area contributed by atoms with E-state index >= 15 is 0 Å². The molecule has 0 aliphatic carbocycles. The van der Waals surface area contributed by atoms with E-state index in [1.54, 1.807) is 12.1 Å². The van der Waals surface area contributed by atoms with Gasteiger partial charge < -0.3 is 4.74 Å². The molecule has 134 valence electrons. The van der Waals surface area contributed by atoms with Crippen LogP contribution in [0.2, 0.25) is 10.0 Å². The summed E-state index contributed by atoms with van der Waals surface area (Å²) in [6.45, 7) is 0.355. The van der Waals surface area contributed by atoms with Gasteiger partial charge >= 0.3 is 0 Å². The zero-order chi connectivity index (χ0) is 19.2. The van der Waals surface area contributed by atoms with Gasteiger partial charge in [0.2, 0.25) is 0 Å². The van der Waals surface area contributed by atoms with Gasteiger partial charge in [0.1, 0.15) is 12.4 Å². The van der Waals surface area contributed by atoms with E-state index in [-0.39, 0.29) is 0 Å². The second kappa shape index (κ2) is 9.10. The molecule has 27 heavy (non-hydrogen) atoms. The van der Waals surface area contributed by atoms with Gasteiger partial charge in [0.25, 0.3) is 0 Å². The highest BCUT2D eigenvalue weighted by atomic mass is 79.9. The van der Waals surface area contributed by atoms with Crippen molar-refractivity contribution in [1.29, 1.82) is 5.26 Å². The van der Waals surface area contributed by atoms with E-state index in [2.05, 4.69) is 22.0 Å². The summed E-state index contributed by atoms with van der Waals surface area (Å²) in [5.74, 6) is 0.723. The lowest BCUT2D eigenvalue weighted by atomic mass is 10.0. The number of rotatable bonds is 5. The number of nitrogens with zero attached hydrogens (tertiary/aromatic N) is 1. The topological polar surface area (TPSA) is 33.0 Å². The molecule has 0 aliphatic heterocycles. The summed E-state index contributed by atoms with van der Waals surface area (Å²) in [6, 6.07) is 22.8. The number of halogens is 3. The van der Waals surface area contributed by atoms with Crippen molar-refractivity contribution < 1.29 is 4.74 Å². The second-order valence-corrected chi connectivity index (χ2v) is 7.53. The third-order valence-electron chi connectivity index (χ3n) is 3.88. The Hall–Kier alpha value is -2.25. The maximum atomic E-state index is 9.44. The first-order valence-electron chi connectivity index (χ1n) is 8.10. The van der Waals surface area contributed by atoms with E-state index in [0.717, 1.165) is 26.9 Å². The summed E-state index contributed by atoms with van der Waals surface area (Å²) in [4.78, 5) is 0. The summed E-state index contributed by atoms with van der Waals surface area (Å²) < 4.78 is 6.76. The largest absolute Gasteiger partial charge is 0.489 e. The smallest absolute Gasteiger partial charge is 0.119 e. The molecule has 0 fully saturated rings. The van der Waals surface area contributed by atoms with Gasteiger partial charge in [-0.1, -0.05) is 69.5 Å². The minimum absolute atomic E-state index is 0.355. The standard InChI is InChI=1S/C22H14BrCl2NO/c23-19-6-3-16(4-7-19)18(13-26)11-15-1-9-21(10-2-15)27-14-17-5-8-20(24)12-22(17)25/h1-12H,14H2/b18-11-. The molecule has 0 N–H and O–H groups in total. The molecule has 3 rings (SSSR count). The predicted octanol–water partition coefficient (Wildman–Crippen LogP) is 7.40. The van der Waals surface area contributed by atoms with Gasteiger partial charge in [-0.05, 0) is 53.6 Å². The third-order valence-corrected chi connectivity index (χ3v) is 4.99. The molecule has 0 saturated carbocycles. The van der Waals surface area contributed by atoms with Crippen molar-refractivity contribution >= 4 is 50.8 Å². The Morgan fingerprint density at radius 3 is 2.33 bits per heavy atom. The first kappa shape index (κ1) is 19.5. The van der Waals surface area contributed by atoms with Crippen LogP contribution in [-0.2, 0) is 6.61 Å². The molecule has 0 aliphatic rings. The summed E-state index contributed by atoms with van der Waals surface area (Å²) in [5.41, 5.74) is 3.26. The summed E-state index contributed by atoms with van der Waals surface area (Å²) in [5, 5.41) is 10.6. The molecule has 0 saturated heterocycles. The quantitative estimate of drug-likeness (QED) is 0.294. The SMILES string of the molecule is N#C/C(=C/c1ccc(OCc2ccc(Cl)cc2Cl)cc1)c1ccc(Br)cc1. The Morgan fingerprint density at radius 1 is 1.00 bits per heavy atom. The van der Waals surface area contributed by atoms with Crippen molar-refractivity contribution in [3.8, 4) is 11.8 Å². The lowest BCUT2D eigenvalue weighted by Crippen LogP contribution is -1.96. The minimum Gasteiger partial charge on any atom is -0.489 e. The molecule has 2 nitrogen and oxygen atoms in total. The number of ether oxygens (including phenoxy) is 1. The molecule has 5 heteroatoms. The van der Waals surface area contributed by atoms with Crippen LogP contribution in [0.15, 0.2) is 71.2 Å². The highest BCUT2D eigenvalue weighted by Gasteiger charge is 2.04. The Bertz CT molecular complexity index is 1010. The van der Waals surface area contributed by atoms with Crippen LogP contribution in [-0.4, -0.2) is 0 Å². The molecule has 0 radical (unpaired) electrons. The highest BCUT2D eigenvalue weighted by Crippen LogP contribution is 2.24. The van der Waals surface area contributed by atoms with Gasteiger partial charge in [0, 0.05) is 20.1 Å². The number of benzene rings is 3. The molecule has 0 aromatic heterocycles. The van der Waals surface area contributed by atoms with Crippen LogP contribution in [0.4, 0.5) is 0 Å². The zero-order valence-corrected chi connectivity index (χ0v) is 17.2. The first-order chi connectivity index (χ1) is 13.0. The van der Waals surface area contributed by atoms with Gasteiger partial charge in [-0.25, -0.2) is 0 Å². The molecule has 0 unspecified atom stereocenters. The van der Waals surface area contributed by atoms with E-state index < -0.39 is 0 Å². The summed E-state index contributed by atoms with van der Waals surface area (Å²) in [7, 11) is 0. The molecule has 0 bridgehead atoms. The van der Waals surface area contributed by atoms with E-state index in [1.165, 1.54) is 0 Å². The fraction of sp³-hybridized carbons (Fsp3) is 0.0455. The average molecular weight is 459 g/mol. The number of hydrogen-bond donors (Lipinski definition) is 0. The van der Waals surface area contributed by atoms with Crippen LogP contribution >= 0.6 is 39.1 Å². The maximum absolute atomic E-state index is 9.44. The Balaban J connectivity index is 1.71. The monoisotopic (exact) mass is 457 g/mol. The zero-order valence-electron chi connectivity index (χ0n) is 14.1. The van der Waals surface area contributed by atoms with Crippen LogP contribution in [0.3, 0.4) is 0 Å². The van der Waals surface area contributed by atoms with Gasteiger partial charge in [-0.15, -0.1) is 0 Å². The van der Waals surface area contributed by atoms with Crippen molar-refractivity contribution in [3.63, 3.8) is 0 Å². The number of nitriles is 1. The van der Waals surface area contributed by atoms with Crippen LogP contribution in [0.1, 0.15) is 16.7 Å². The Morgan fingerprint density at radius 2 is 1.70 bits per heavy atom. The molecule has 0 amide bonds. The van der Waals surface area contributed by atoms with E-state index in [0.29, 0.717) is 22.2 Å². The van der Waals surface area contributed by atoms with Crippen molar-refractivity contribution in [2.24, 2.45) is 0 Å². The van der Waals surface area contributed by atoms with E-state index in [1.807, 2.05) is 60.7 Å². The van der Waals surface area contributed by atoms with Gasteiger partial charge in [0.15, 0.2) is 0 Å². The van der Waals surface area contributed by atoms with E-state index in [4.69, 9.17) is 27.9 Å². The lowest BCUT2D eigenvalue weighted by Gasteiger charge is -2.08. The lowest BCUT2D eigenvalue weighted by molar-refractivity contribution is 0.306. The molecule has 0 heterocycles. The van der Waals surface area contributed by atoms with Crippen LogP contribution in [0.5, 0.6) is 5.75 Å². The van der Waals surface area contributed by atoms with Gasteiger partial charge in [-0.3, -0.25) is 0 Å². The van der Waals surface area contributed by atoms with Gasteiger partial charge in [-0.2, -0.15) is 5.26 Å². The minimum atomic E-state index is 0.355. The Labute approximate surface area is 176 Å². The van der Waals surface area contributed by atoms with Crippen molar-refractivity contribution in [3.05, 3.63) is 97.9 Å². The molecular weight excluding hydrogens is 445 g/mol. The number of allylic oxidation sites excluding steroid dienone is 1. The average Bonchev–Trinajstić information content (AvgIpc) is 2.67. The highest BCUT2D eigenvalue weighted by molar-refractivity contribution is 9.10. The summed E-state index contributed by atoms with van der Waals surface area (Å²) >= 11 is 15.5. The van der Waals surface area contributed by atoms with Crippen molar-refractivity contribution in [2.45, 2.75) is 6.61 Å². The van der Waals surface area contributed by atoms with Crippen LogP contribution in [0, 0.1) is 11.3 Å². The molecule has 0 atom stereocenters.